The van der Waals surface area contributed by atoms with Gasteiger partial charge in [0.1, 0.15) is 0 Å². The van der Waals surface area contributed by atoms with Gasteiger partial charge in [-0.1, -0.05) is 48.5 Å². The van der Waals surface area contributed by atoms with Gasteiger partial charge in [0, 0.05) is 19.6 Å². The van der Waals surface area contributed by atoms with E-state index in [4.69, 9.17) is 4.74 Å². The van der Waals surface area contributed by atoms with Crippen LogP contribution in [0.3, 0.4) is 0 Å². The van der Waals surface area contributed by atoms with E-state index in [1.54, 1.807) is 0 Å². The first-order valence-electron chi connectivity index (χ1n) is 7.28. The van der Waals surface area contributed by atoms with Gasteiger partial charge in [-0.15, -0.1) is 0 Å². The predicted molar refractivity (Wildman–Crippen MR) is 82.7 cm³/mol. The summed E-state index contributed by atoms with van der Waals surface area (Å²) in [6, 6.07) is 17.3. The summed E-state index contributed by atoms with van der Waals surface area (Å²) in [5, 5.41) is 0. The molecule has 0 spiro atoms. The van der Waals surface area contributed by atoms with E-state index in [0.717, 1.165) is 32.8 Å². The average Bonchev–Trinajstić information content (AvgIpc) is 2.51. The molecule has 0 bridgehead atoms. The molecule has 0 amide bonds. The number of hydrogen-bond acceptors (Lipinski definition) is 2. The summed E-state index contributed by atoms with van der Waals surface area (Å²) in [4.78, 5) is 2.48. The van der Waals surface area contributed by atoms with Crippen LogP contribution in [0.1, 0.15) is 11.1 Å². The maximum Gasteiger partial charge on any atom is 0.0594 e. The highest BCUT2D eigenvalue weighted by atomic mass is 16.5. The Balaban J connectivity index is 1.92. The maximum absolute atomic E-state index is 5.44. The molecule has 0 radical (unpaired) electrons. The first-order chi connectivity index (χ1) is 9.84. The minimum atomic E-state index is 0.854. The zero-order chi connectivity index (χ0) is 13.8. The Bertz CT molecular complexity index is 559. The van der Waals surface area contributed by atoms with E-state index in [9.17, 15) is 0 Å². The smallest absolute Gasteiger partial charge is 0.0594 e. The van der Waals surface area contributed by atoms with Crippen molar-refractivity contribution in [3.63, 3.8) is 0 Å². The number of nitrogens with zero attached hydrogens (tertiary/aromatic N) is 1. The predicted octanol–water partition coefficient (Wildman–Crippen LogP) is 3.49. The minimum Gasteiger partial charge on any atom is -0.379 e. The SMILES string of the molecule is Cc1cccc(-c2ccccc2)c1CN1CCOCC1. The fourth-order valence-electron chi connectivity index (χ4n) is 2.78. The minimum absolute atomic E-state index is 0.854. The van der Waals surface area contributed by atoms with Crippen LogP contribution in [0, 0.1) is 6.92 Å². The van der Waals surface area contributed by atoms with Crippen LogP contribution in [0.2, 0.25) is 0 Å². The van der Waals surface area contributed by atoms with E-state index < -0.39 is 0 Å². The standard InChI is InChI=1S/C18H21NO/c1-15-6-5-9-17(16-7-3-2-4-8-16)18(15)14-19-10-12-20-13-11-19/h2-9H,10-14H2,1H3. The van der Waals surface area contributed by atoms with Crippen molar-refractivity contribution in [1.29, 1.82) is 0 Å². The summed E-state index contributed by atoms with van der Waals surface area (Å²) in [5.74, 6) is 0. The molecule has 1 aliphatic rings. The fraction of sp³-hybridized carbons (Fsp3) is 0.333. The first kappa shape index (κ1) is 13.3. The van der Waals surface area contributed by atoms with Gasteiger partial charge in [-0.05, 0) is 29.2 Å². The molecule has 0 aromatic heterocycles. The summed E-state index contributed by atoms with van der Waals surface area (Å²) < 4.78 is 5.44. The Morgan fingerprint density at radius 3 is 2.45 bits per heavy atom. The second-order valence-corrected chi connectivity index (χ2v) is 5.36. The molecule has 0 saturated carbocycles. The summed E-state index contributed by atoms with van der Waals surface area (Å²) in [6.07, 6.45) is 0. The molecule has 2 aromatic carbocycles. The second-order valence-electron chi connectivity index (χ2n) is 5.36. The van der Waals surface area contributed by atoms with Crippen LogP contribution in [0.15, 0.2) is 48.5 Å². The zero-order valence-electron chi connectivity index (χ0n) is 12.0. The number of benzene rings is 2. The van der Waals surface area contributed by atoms with Crippen LogP contribution in [0.5, 0.6) is 0 Å². The lowest BCUT2D eigenvalue weighted by Crippen LogP contribution is -2.36. The van der Waals surface area contributed by atoms with Gasteiger partial charge in [-0.3, -0.25) is 4.90 Å². The van der Waals surface area contributed by atoms with Gasteiger partial charge in [0.25, 0.3) is 0 Å². The first-order valence-corrected chi connectivity index (χ1v) is 7.28. The molecule has 20 heavy (non-hydrogen) atoms. The quantitative estimate of drug-likeness (QED) is 0.844. The van der Waals surface area contributed by atoms with Gasteiger partial charge in [-0.25, -0.2) is 0 Å². The number of morpholine rings is 1. The lowest BCUT2D eigenvalue weighted by Gasteiger charge is -2.28. The van der Waals surface area contributed by atoms with Gasteiger partial charge >= 0.3 is 0 Å². The molecule has 3 rings (SSSR count). The van der Waals surface area contributed by atoms with Crippen molar-refractivity contribution in [2.45, 2.75) is 13.5 Å². The summed E-state index contributed by atoms with van der Waals surface area (Å²) in [6.45, 7) is 6.99. The molecule has 1 saturated heterocycles. The number of aryl methyl sites for hydroxylation is 1. The number of rotatable bonds is 3. The number of hydrogen-bond donors (Lipinski definition) is 0. The monoisotopic (exact) mass is 267 g/mol. The van der Waals surface area contributed by atoms with E-state index in [1.165, 1.54) is 22.3 Å². The fourth-order valence-corrected chi connectivity index (χ4v) is 2.78. The molecule has 0 aliphatic carbocycles. The van der Waals surface area contributed by atoms with Crippen molar-refractivity contribution in [3.05, 3.63) is 59.7 Å². The molecular formula is C18H21NO. The largest absolute Gasteiger partial charge is 0.379 e. The van der Waals surface area contributed by atoms with E-state index >= 15 is 0 Å². The van der Waals surface area contributed by atoms with Crippen molar-refractivity contribution < 1.29 is 4.74 Å². The van der Waals surface area contributed by atoms with Crippen molar-refractivity contribution in [3.8, 4) is 11.1 Å². The second kappa shape index (κ2) is 6.21. The Morgan fingerprint density at radius 2 is 1.70 bits per heavy atom. The van der Waals surface area contributed by atoms with E-state index in [1.807, 2.05) is 0 Å². The Morgan fingerprint density at radius 1 is 0.950 bits per heavy atom. The lowest BCUT2D eigenvalue weighted by atomic mass is 9.95. The van der Waals surface area contributed by atoms with E-state index in [2.05, 4.69) is 60.4 Å². The highest BCUT2D eigenvalue weighted by Crippen LogP contribution is 2.27. The van der Waals surface area contributed by atoms with Crippen LogP contribution in [0.4, 0.5) is 0 Å². The van der Waals surface area contributed by atoms with Crippen LogP contribution in [-0.2, 0) is 11.3 Å². The van der Waals surface area contributed by atoms with E-state index in [-0.39, 0.29) is 0 Å². The van der Waals surface area contributed by atoms with Crippen molar-refractivity contribution in [2.24, 2.45) is 0 Å². The topological polar surface area (TPSA) is 12.5 Å². The molecule has 2 aromatic rings. The number of ether oxygens (including phenoxy) is 1. The Kier molecular flexibility index (Phi) is 4.14. The molecule has 1 heterocycles. The third kappa shape index (κ3) is 2.92. The van der Waals surface area contributed by atoms with Gasteiger partial charge < -0.3 is 4.74 Å². The molecular weight excluding hydrogens is 246 g/mol. The maximum atomic E-state index is 5.44. The normalized spacial score (nSPS) is 16.2. The van der Waals surface area contributed by atoms with Crippen molar-refractivity contribution in [2.75, 3.05) is 26.3 Å². The summed E-state index contributed by atoms with van der Waals surface area (Å²) >= 11 is 0. The third-order valence-corrected chi connectivity index (χ3v) is 3.98. The molecule has 104 valence electrons. The van der Waals surface area contributed by atoms with Gasteiger partial charge in [-0.2, -0.15) is 0 Å². The van der Waals surface area contributed by atoms with Crippen LogP contribution < -0.4 is 0 Å². The molecule has 1 fully saturated rings. The molecule has 2 nitrogen and oxygen atoms in total. The zero-order valence-corrected chi connectivity index (χ0v) is 12.0. The summed E-state index contributed by atoms with van der Waals surface area (Å²) in [7, 11) is 0. The lowest BCUT2D eigenvalue weighted by molar-refractivity contribution is 0.0342. The molecule has 0 atom stereocenters. The van der Waals surface area contributed by atoms with Crippen molar-refractivity contribution >= 4 is 0 Å². The highest BCUT2D eigenvalue weighted by molar-refractivity contribution is 5.68. The Labute approximate surface area is 121 Å². The molecule has 0 N–H and O–H groups in total. The van der Waals surface area contributed by atoms with Gasteiger partial charge in [0.2, 0.25) is 0 Å². The highest BCUT2D eigenvalue weighted by Gasteiger charge is 2.14. The molecule has 1 aliphatic heterocycles. The van der Waals surface area contributed by atoms with Crippen LogP contribution in [-0.4, -0.2) is 31.2 Å². The van der Waals surface area contributed by atoms with Crippen LogP contribution >= 0.6 is 0 Å². The van der Waals surface area contributed by atoms with Crippen LogP contribution in [0.25, 0.3) is 11.1 Å². The summed E-state index contributed by atoms with van der Waals surface area (Å²) in [5.41, 5.74) is 5.48. The van der Waals surface area contributed by atoms with Gasteiger partial charge in [0.15, 0.2) is 0 Å². The van der Waals surface area contributed by atoms with Crippen molar-refractivity contribution in [1.82, 2.24) is 4.90 Å². The van der Waals surface area contributed by atoms with Gasteiger partial charge in [0.05, 0.1) is 13.2 Å². The van der Waals surface area contributed by atoms with E-state index in [0.29, 0.717) is 0 Å². The average molecular weight is 267 g/mol. The third-order valence-electron chi connectivity index (χ3n) is 3.98. The molecule has 2 heteroatoms. The Hall–Kier alpha value is -1.64. The molecule has 0 unspecified atom stereocenters.